The van der Waals surface area contributed by atoms with Crippen LogP contribution in [0.1, 0.15) is 16.7 Å². The van der Waals surface area contributed by atoms with Gasteiger partial charge in [0.05, 0.1) is 5.69 Å². The number of aliphatic hydroxyl groups excluding tert-OH is 1. The van der Waals surface area contributed by atoms with Gasteiger partial charge in [-0.2, -0.15) is 5.10 Å². The first-order valence-corrected chi connectivity index (χ1v) is 4.86. The van der Waals surface area contributed by atoms with Crippen molar-refractivity contribution < 1.29 is 5.11 Å². The molecule has 0 radical (unpaired) electrons. The van der Waals surface area contributed by atoms with Gasteiger partial charge in [0.2, 0.25) is 0 Å². The molecule has 3 nitrogen and oxygen atoms in total. The Hall–Kier alpha value is -1.13. The van der Waals surface area contributed by atoms with Crippen LogP contribution in [0.15, 0.2) is 29.8 Å². The minimum absolute atomic E-state index is 0.582. The minimum Gasteiger partial charge on any atom is -0.381 e. The van der Waals surface area contributed by atoms with Crippen molar-refractivity contribution in [3.8, 4) is 0 Å². The fourth-order valence-corrected chi connectivity index (χ4v) is 1.89. The Morgan fingerprint density at radius 3 is 2.92 bits per heavy atom. The topological polar surface area (TPSA) is 38.0 Å². The summed E-state index contributed by atoms with van der Waals surface area (Å²) in [4.78, 5) is 0.929. The maximum absolute atomic E-state index is 9.83. The Labute approximate surface area is 80.3 Å². The molecule has 68 valence electrons. The summed E-state index contributed by atoms with van der Waals surface area (Å²) in [5.74, 6) is 0. The zero-order chi connectivity index (χ0) is 9.26. The number of aromatic nitrogens is 2. The van der Waals surface area contributed by atoms with Crippen LogP contribution in [0.2, 0.25) is 0 Å². The van der Waals surface area contributed by atoms with Gasteiger partial charge in [-0.15, -0.1) is 11.3 Å². The van der Waals surface area contributed by atoms with Gasteiger partial charge >= 0.3 is 0 Å². The fraction of sp³-hybridized carbons (Fsp3) is 0.222. The number of rotatable bonds is 2. The van der Waals surface area contributed by atoms with E-state index >= 15 is 0 Å². The lowest BCUT2D eigenvalue weighted by molar-refractivity contribution is 0.218. The van der Waals surface area contributed by atoms with Crippen LogP contribution in [0, 0.1) is 0 Å². The van der Waals surface area contributed by atoms with Crippen LogP contribution in [0.4, 0.5) is 0 Å². The van der Waals surface area contributed by atoms with E-state index in [2.05, 4.69) is 5.10 Å². The van der Waals surface area contributed by atoms with Gasteiger partial charge in [-0.25, -0.2) is 0 Å². The van der Waals surface area contributed by atoms with E-state index in [0.29, 0.717) is 5.69 Å². The molecule has 0 aromatic carbocycles. The zero-order valence-corrected chi connectivity index (χ0v) is 8.03. The van der Waals surface area contributed by atoms with Crippen LogP contribution in [0.5, 0.6) is 0 Å². The second-order valence-electron chi connectivity index (χ2n) is 2.83. The van der Waals surface area contributed by atoms with Gasteiger partial charge in [0.1, 0.15) is 6.10 Å². The summed E-state index contributed by atoms with van der Waals surface area (Å²) in [6, 6.07) is 5.65. The second kappa shape index (κ2) is 3.32. The van der Waals surface area contributed by atoms with Crippen molar-refractivity contribution in [1.29, 1.82) is 0 Å². The first-order chi connectivity index (χ1) is 6.27. The Morgan fingerprint density at radius 2 is 2.38 bits per heavy atom. The molecule has 2 aromatic rings. The van der Waals surface area contributed by atoms with Gasteiger partial charge < -0.3 is 5.11 Å². The van der Waals surface area contributed by atoms with Gasteiger partial charge in [-0.1, -0.05) is 6.07 Å². The van der Waals surface area contributed by atoms with Gasteiger partial charge in [0.15, 0.2) is 0 Å². The van der Waals surface area contributed by atoms with Crippen LogP contribution in [-0.4, -0.2) is 14.9 Å². The van der Waals surface area contributed by atoms with Gasteiger partial charge in [0.25, 0.3) is 0 Å². The summed E-state index contributed by atoms with van der Waals surface area (Å²) in [5, 5.41) is 15.9. The molecule has 0 spiro atoms. The van der Waals surface area contributed by atoms with E-state index in [4.69, 9.17) is 0 Å². The molecule has 0 bridgehead atoms. The Morgan fingerprint density at radius 1 is 1.54 bits per heavy atom. The van der Waals surface area contributed by atoms with Crippen molar-refractivity contribution in [1.82, 2.24) is 9.78 Å². The fourth-order valence-electron chi connectivity index (χ4n) is 1.17. The van der Waals surface area contributed by atoms with Crippen molar-refractivity contribution >= 4 is 11.3 Å². The number of hydrogen-bond donors (Lipinski definition) is 1. The predicted molar refractivity (Wildman–Crippen MR) is 51.6 cm³/mol. The normalized spacial score (nSPS) is 13.1. The molecule has 0 saturated carbocycles. The number of nitrogens with zero attached hydrogens (tertiary/aromatic N) is 2. The van der Waals surface area contributed by atoms with E-state index in [-0.39, 0.29) is 0 Å². The molecule has 0 saturated heterocycles. The molecule has 0 aliphatic heterocycles. The van der Waals surface area contributed by atoms with Crippen molar-refractivity contribution in [2.75, 3.05) is 0 Å². The van der Waals surface area contributed by atoms with E-state index in [1.807, 2.05) is 36.8 Å². The van der Waals surface area contributed by atoms with E-state index in [1.165, 1.54) is 11.3 Å². The molecule has 1 N–H and O–H groups in total. The molecule has 2 rings (SSSR count). The number of hydrogen-bond acceptors (Lipinski definition) is 3. The highest BCUT2D eigenvalue weighted by Gasteiger charge is 2.13. The Bertz CT molecular complexity index is 380. The predicted octanol–water partition coefficient (Wildman–Crippen LogP) is 1.56. The zero-order valence-electron chi connectivity index (χ0n) is 7.21. The quantitative estimate of drug-likeness (QED) is 0.788. The van der Waals surface area contributed by atoms with E-state index in [9.17, 15) is 5.11 Å². The maximum Gasteiger partial charge on any atom is 0.132 e. The lowest BCUT2D eigenvalue weighted by Crippen LogP contribution is -1.99. The summed E-state index contributed by atoms with van der Waals surface area (Å²) < 4.78 is 1.69. The monoisotopic (exact) mass is 194 g/mol. The van der Waals surface area contributed by atoms with Crippen LogP contribution < -0.4 is 0 Å². The Balaban J connectivity index is 2.28. The van der Waals surface area contributed by atoms with Crippen LogP contribution in [-0.2, 0) is 7.05 Å². The molecular formula is C9H10N2OS. The summed E-state index contributed by atoms with van der Waals surface area (Å²) in [7, 11) is 1.84. The Kier molecular flexibility index (Phi) is 2.16. The highest BCUT2D eigenvalue weighted by atomic mass is 32.1. The molecule has 0 aliphatic carbocycles. The molecular weight excluding hydrogens is 184 g/mol. The first kappa shape index (κ1) is 8.47. The number of aryl methyl sites for hydroxylation is 1. The largest absolute Gasteiger partial charge is 0.381 e. The molecule has 0 fully saturated rings. The molecule has 2 aromatic heterocycles. The van der Waals surface area contributed by atoms with Crippen molar-refractivity contribution in [3.63, 3.8) is 0 Å². The summed E-state index contributed by atoms with van der Waals surface area (Å²) in [6.07, 6.45) is 1.24. The highest BCUT2D eigenvalue weighted by Crippen LogP contribution is 2.23. The summed E-state index contributed by atoms with van der Waals surface area (Å²) in [5.41, 5.74) is 0.699. The number of aliphatic hydroxyl groups is 1. The molecule has 1 unspecified atom stereocenters. The average molecular weight is 194 g/mol. The van der Waals surface area contributed by atoms with E-state index in [1.54, 1.807) is 4.68 Å². The smallest absolute Gasteiger partial charge is 0.132 e. The third-order valence-corrected chi connectivity index (χ3v) is 2.75. The standard InChI is InChI=1S/C9H10N2OS/c1-11-5-4-7(10-11)9(12)8-3-2-6-13-8/h2-6,9,12H,1H3. The SMILES string of the molecule is Cn1ccc(C(O)c2cccs2)n1. The lowest BCUT2D eigenvalue weighted by Gasteiger charge is -2.03. The van der Waals surface area contributed by atoms with Gasteiger partial charge in [-0.3, -0.25) is 4.68 Å². The molecule has 0 amide bonds. The molecule has 4 heteroatoms. The average Bonchev–Trinajstić information content (AvgIpc) is 2.72. The highest BCUT2D eigenvalue weighted by molar-refractivity contribution is 7.10. The second-order valence-corrected chi connectivity index (χ2v) is 3.81. The van der Waals surface area contributed by atoms with Crippen molar-refractivity contribution in [2.24, 2.45) is 7.05 Å². The summed E-state index contributed by atoms with van der Waals surface area (Å²) >= 11 is 1.54. The maximum atomic E-state index is 9.83. The minimum atomic E-state index is -0.582. The molecule has 13 heavy (non-hydrogen) atoms. The molecule has 0 aliphatic rings. The van der Waals surface area contributed by atoms with Gasteiger partial charge in [-0.05, 0) is 17.5 Å². The van der Waals surface area contributed by atoms with Crippen molar-refractivity contribution in [3.05, 3.63) is 40.3 Å². The first-order valence-electron chi connectivity index (χ1n) is 3.98. The molecule has 1 atom stereocenters. The van der Waals surface area contributed by atoms with Crippen LogP contribution >= 0.6 is 11.3 Å². The van der Waals surface area contributed by atoms with E-state index < -0.39 is 6.10 Å². The van der Waals surface area contributed by atoms with Crippen LogP contribution in [0.25, 0.3) is 0 Å². The van der Waals surface area contributed by atoms with Crippen LogP contribution in [0.3, 0.4) is 0 Å². The van der Waals surface area contributed by atoms with E-state index in [0.717, 1.165) is 4.88 Å². The lowest BCUT2D eigenvalue weighted by atomic mass is 10.2. The van der Waals surface area contributed by atoms with Crippen molar-refractivity contribution in [2.45, 2.75) is 6.10 Å². The number of thiophene rings is 1. The molecule has 2 heterocycles. The van der Waals surface area contributed by atoms with Gasteiger partial charge in [0, 0.05) is 18.1 Å². The summed E-state index contributed by atoms with van der Waals surface area (Å²) in [6.45, 7) is 0. The third kappa shape index (κ3) is 1.64. The third-order valence-electron chi connectivity index (χ3n) is 1.83.